The van der Waals surface area contributed by atoms with E-state index in [1.807, 2.05) is 0 Å². The Balaban J connectivity index is 1.44. The monoisotopic (exact) mass is 520 g/mol. The number of ether oxygens (including phenoxy) is 5. The summed E-state index contributed by atoms with van der Waals surface area (Å²) in [5.74, 6) is -1.16. The van der Waals surface area contributed by atoms with E-state index in [0.29, 0.717) is 24.2 Å². The van der Waals surface area contributed by atoms with Crippen molar-refractivity contribution in [3.05, 3.63) is 101 Å². The van der Waals surface area contributed by atoms with Gasteiger partial charge in [-0.25, -0.2) is 19.4 Å². The van der Waals surface area contributed by atoms with Crippen molar-refractivity contribution in [2.75, 3.05) is 13.2 Å². The fourth-order valence-corrected chi connectivity index (χ4v) is 4.49. The second kappa shape index (κ2) is 12.1. The Morgan fingerprint density at radius 3 is 2.29 bits per heavy atom. The summed E-state index contributed by atoms with van der Waals surface area (Å²) in [6.07, 6.45) is 0.888. The third kappa shape index (κ3) is 5.99. The number of benzene rings is 2. The summed E-state index contributed by atoms with van der Waals surface area (Å²) in [7, 11) is 0. The van der Waals surface area contributed by atoms with Crippen molar-refractivity contribution < 1.29 is 33.3 Å². The molecule has 5 atom stereocenters. The zero-order valence-electron chi connectivity index (χ0n) is 20.6. The average molecular weight is 521 g/mol. The number of aromatic nitrogens is 2. The predicted molar refractivity (Wildman–Crippen MR) is 133 cm³/mol. The molecule has 10 nitrogen and oxygen atoms in total. The van der Waals surface area contributed by atoms with Crippen molar-refractivity contribution in [2.24, 2.45) is 0 Å². The summed E-state index contributed by atoms with van der Waals surface area (Å²) >= 11 is 0. The Bertz CT molecular complexity index is 1280. The van der Waals surface area contributed by atoms with Gasteiger partial charge in [-0.1, -0.05) is 36.4 Å². The maximum atomic E-state index is 13.1. The summed E-state index contributed by atoms with van der Waals surface area (Å²) < 4.78 is 31.0. The minimum atomic E-state index is -1.02. The van der Waals surface area contributed by atoms with Crippen LogP contribution >= 0.6 is 0 Å². The van der Waals surface area contributed by atoms with Crippen molar-refractivity contribution in [1.82, 2.24) is 9.55 Å². The predicted octanol–water partition coefficient (Wildman–Crippen LogP) is 3.14. The van der Waals surface area contributed by atoms with Gasteiger partial charge in [-0.05, 0) is 49.6 Å². The molecule has 0 saturated carbocycles. The molecule has 2 fully saturated rings. The topological polar surface area (TPSA) is 115 Å². The molecule has 0 aliphatic carbocycles. The normalized spacial score (nSPS) is 25.0. The SMILES string of the molecule is O=C(OC[C@H]1O[C@@H](n2cccnc2=O)[C@H](OC2CCCCO2)[C@@H]1OC(=O)c1ccccc1)c1ccccc1. The molecule has 0 bridgehead atoms. The van der Waals surface area contributed by atoms with Crippen molar-refractivity contribution in [1.29, 1.82) is 0 Å². The molecule has 10 heteroatoms. The van der Waals surface area contributed by atoms with E-state index < -0.39 is 48.5 Å². The smallest absolute Gasteiger partial charge is 0.349 e. The second-order valence-corrected chi connectivity index (χ2v) is 8.97. The van der Waals surface area contributed by atoms with Crippen LogP contribution in [0.5, 0.6) is 0 Å². The molecule has 2 saturated heterocycles. The lowest BCUT2D eigenvalue weighted by atomic mass is 10.1. The molecule has 0 spiro atoms. The van der Waals surface area contributed by atoms with Crippen molar-refractivity contribution in [3.8, 4) is 0 Å². The highest BCUT2D eigenvalue weighted by Gasteiger charge is 2.51. The fourth-order valence-electron chi connectivity index (χ4n) is 4.49. The van der Waals surface area contributed by atoms with Gasteiger partial charge in [0.15, 0.2) is 18.6 Å². The van der Waals surface area contributed by atoms with Gasteiger partial charge in [0.05, 0.1) is 11.1 Å². The molecule has 38 heavy (non-hydrogen) atoms. The number of hydrogen-bond donors (Lipinski definition) is 0. The van der Waals surface area contributed by atoms with Crippen molar-refractivity contribution in [2.45, 2.75) is 50.1 Å². The van der Waals surface area contributed by atoms with Crippen LogP contribution in [0.2, 0.25) is 0 Å². The summed E-state index contributed by atoms with van der Waals surface area (Å²) in [5, 5.41) is 0. The summed E-state index contributed by atoms with van der Waals surface area (Å²) in [6.45, 7) is 0.291. The van der Waals surface area contributed by atoms with Crippen LogP contribution in [0.25, 0.3) is 0 Å². The number of esters is 2. The van der Waals surface area contributed by atoms with Gasteiger partial charge in [0.25, 0.3) is 0 Å². The van der Waals surface area contributed by atoms with Crippen LogP contribution in [0, 0.1) is 0 Å². The molecule has 3 aromatic rings. The first kappa shape index (κ1) is 25.8. The van der Waals surface area contributed by atoms with E-state index in [-0.39, 0.29) is 6.61 Å². The van der Waals surface area contributed by atoms with E-state index in [4.69, 9.17) is 23.7 Å². The highest BCUT2D eigenvalue weighted by atomic mass is 16.7. The van der Waals surface area contributed by atoms with Crippen LogP contribution in [0.3, 0.4) is 0 Å². The zero-order valence-corrected chi connectivity index (χ0v) is 20.6. The van der Waals surface area contributed by atoms with Crippen LogP contribution in [0.1, 0.15) is 46.2 Å². The molecule has 2 aliphatic rings. The van der Waals surface area contributed by atoms with Gasteiger partial charge in [-0.2, -0.15) is 0 Å². The zero-order chi connectivity index (χ0) is 26.3. The number of nitrogens with zero attached hydrogens (tertiary/aromatic N) is 2. The van der Waals surface area contributed by atoms with Gasteiger partial charge in [0.1, 0.15) is 18.8 Å². The molecule has 0 N–H and O–H groups in total. The van der Waals surface area contributed by atoms with Crippen LogP contribution < -0.4 is 5.69 Å². The first-order chi connectivity index (χ1) is 18.6. The Hall–Kier alpha value is -3.86. The highest BCUT2D eigenvalue weighted by molar-refractivity contribution is 5.90. The highest BCUT2D eigenvalue weighted by Crippen LogP contribution is 2.36. The number of carbonyl (C=O) groups is 2. The Kier molecular flexibility index (Phi) is 8.22. The van der Waals surface area contributed by atoms with Gasteiger partial charge in [0, 0.05) is 19.0 Å². The van der Waals surface area contributed by atoms with E-state index >= 15 is 0 Å². The molecule has 1 aromatic heterocycles. The first-order valence-electron chi connectivity index (χ1n) is 12.5. The maximum Gasteiger partial charge on any atom is 0.349 e. The van der Waals surface area contributed by atoms with Crippen LogP contribution in [-0.4, -0.2) is 59.3 Å². The van der Waals surface area contributed by atoms with Gasteiger partial charge >= 0.3 is 17.6 Å². The number of carbonyl (C=O) groups excluding carboxylic acids is 2. The third-order valence-electron chi connectivity index (χ3n) is 6.39. The third-order valence-corrected chi connectivity index (χ3v) is 6.39. The van der Waals surface area contributed by atoms with Crippen molar-refractivity contribution >= 4 is 11.9 Å². The number of hydrogen-bond acceptors (Lipinski definition) is 9. The molecule has 1 unspecified atom stereocenters. The standard InChI is InChI=1S/C28H28N2O8/c31-26(19-10-3-1-4-11-19)35-18-21-23(38-27(32)20-12-5-2-6-13-20)24(37-22-14-7-8-17-34-22)25(36-21)30-16-9-15-29-28(30)33/h1-6,9-13,15-16,21-25H,7-8,14,17-18H2/t21-,22?,23-,24-,25-/m1/s1. The van der Waals surface area contributed by atoms with E-state index in [2.05, 4.69) is 4.98 Å². The van der Waals surface area contributed by atoms with Crippen LogP contribution in [0.4, 0.5) is 0 Å². The number of rotatable bonds is 8. The van der Waals surface area contributed by atoms with E-state index in [0.717, 1.165) is 12.8 Å². The minimum absolute atomic E-state index is 0.239. The minimum Gasteiger partial charge on any atom is -0.459 e. The Morgan fingerprint density at radius 2 is 1.63 bits per heavy atom. The average Bonchev–Trinajstić information content (AvgIpc) is 3.29. The van der Waals surface area contributed by atoms with E-state index in [1.165, 1.54) is 17.0 Å². The molecule has 5 rings (SSSR count). The lowest BCUT2D eigenvalue weighted by molar-refractivity contribution is -0.215. The Morgan fingerprint density at radius 1 is 0.921 bits per heavy atom. The largest absolute Gasteiger partial charge is 0.459 e. The first-order valence-corrected chi connectivity index (χ1v) is 12.5. The van der Waals surface area contributed by atoms with Crippen LogP contribution in [0.15, 0.2) is 83.9 Å². The van der Waals surface area contributed by atoms with Gasteiger partial charge < -0.3 is 23.7 Å². The summed E-state index contributed by atoms with van der Waals surface area (Å²) in [4.78, 5) is 42.2. The molecule has 198 valence electrons. The summed E-state index contributed by atoms with van der Waals surface area (Å²) in [5.41, 5.74) is 0.139. The summed E-state index contributed by atoms with van der Waals surface area (Å²) in [6, 6.07) is 18.6. The van der Waals surface area contributed by atoms with Crippen LogP contribution in [-0.2, 0) is 23.7 Å². The molecular weight excluding hydrogens is 492 g/mol. The molecular formula is C28H28N2O8. The molecule has 2 aliphatic heterocycles. The quantitative estimate of drug-likeness (QED) is 0.413. The molecule has 0 amide bonds. The Labute approximate surface area is 219 Å². The second-order valence-electron chi connectivity index (χ2n) is 8.97. The lowest BCUT2D eigenvalue weighted by Crippen LogP contribution is -2.44. The van der Waals surface area contributed by atoms with Gasteiger partial charge in [-0.15, -0.1) is 0 Å². The molecule has 3 heterocycles. The lowest BCUT2D eigenvalue weighted by Gasteiger charge is -2.30. The van der Waals surface area contributed by atoms with Gasteiger partial charge in [0.2, 0.25) is 0 Å². The van der Waals surface area contributed by atoms with Gasteiger partial charge in [-0.3, -0.25) is 4.57 Å². The van der Waals surface area contributed by atoms with Crippen molar-refractivity contribution in [3.63, 3.8) is 0 Å². The van der Waals surface area contributed by atoms with E-state index in [1.54, 1.807) is 66.7 Å². The van der Waals surface area contributed by atoms with E-state index in [9.17, 15) is 14.4 Å². The molecule has 0 radical (unpaired) electrons. The fraction of sp³-hybridized carbons (Fsp3) is 0.357. The molecule has 2 aromatic carbocycles. The maximum absolute atomic E-state index is 13.1.